The average molecular weight is 441 g/mol. The Hall–Kier alpha value is -1.55. The first kappa shape index (κ1) is 17.3. The lowest BCUT2D eigenvalue weighted by Gasteiger charge is -2.09. The molecule has 24 heavy (non-hydrogen) atoms. The molecule has 3 rings (SSSR count). The van der Waals surface area contributed by atoms with Crippen LogP contribution in [-0.4, -0.2) is 37.7 Å². The summed E-state index contributed by atoms with van der Waals surface area (Å²) in [5, 5.41) is 9.51. The number of amides is 1. The summed E-state index contributed by atoms with van der Waals surface area (Å²) in [6.07, 6.45) is 3.39. The van der Waals surface area contributed by atoms with Gasteiger partial charge < -0.3 is 5.11 Å². The fraction of sp³-hybridized carbons (Fsp3) is 0.0667. The summed E-state index contributed by atoms with van der Waals surface area (Å²) >= 11 is 11.0. The Bertz CT molecular complexity index is 861. The number of halogens is 1. The highest BCUT2D eigenvalue weighted by Crippen LogP contribution is 2.34. The van der Waals surface area contributed by atoms with Crippen LogP contribution in [0, 0.1) is 0 Å². The van der Waals surface area contributed by atoms with Crippen LogP contribution in [0.15, 0.2) is 39.8 Å². The van der Waals surface area contributed by atoms with Crippen molar-refractivity contribution in [1.29, 1.82) is 0 Å². The Morgan fingerprint density at radius 2 is 2.08 bits per heavy atom. The Balaban J connectivity index is 1.82. The largest absolute Gasteiger partial charge is 0.480 e. The summed E-state index contributed by atoms with van der Waals surface area (Å²) in [7, 11) is 0. The van der Waals surface area contributed by atoms with Crippen LogP contribution in [0.25, 0.3) is 16.5 Å². The van der Waals surface area contributed by atoms with Gasteiger partial charge in [0.2, 0.25) is 0 Å². The molecular formula is C15H9BrN2O3S3. The lowest BCUT2D eigenvalue weighted by molar-refractivity contribution is -0.140. The van der Waals surface area contributed by atoms with E-state index in [1.54, 1.807) is 12.3 Å². The minimum Gasteiger partial charge on any atom is -0.480 e. The van der Waals surface area contributed by atoms with Crippen molar-refractivity contribution in [2.24, 2.45) is 0 Å². The highest BCUT2D eigenvalue weighted by molar-refractivity contribution is 9.10. The smallest absolute Gasteiger partial charge is 0.323 e. The van der Waals surface area contributed by atoms with Gasteiger partial charge in [-0.2, -0.15) is 0 Å². The zero-order chi connectivity index (χ0) is 17.3. The van der Waals surface area contributed by atoms with Crippen molar-refractivity contribution in [3.63, 3.8) is 0 Å². The number of rotatable bonds is 4. The molecule has 1 amide bonds. The first-order valence-electron chi connectivity index (χ1n) is 6.63. The zero-order valence-electron chi connectivity index (χ0n) is 11.9. The van der Waals surface area contributed by atoms with E-state index in [1.165, 1.54) is 11.3 Å². The van der Waals surface area contributed by atoms with Crippen molar-refractivity contribution in [3.05, 3.63) is 44.8 Å². The van der Waals surface area contributed by atoms with Gasteiger partial charge in [0.15, 0.2) is 0 Å². The van der Waals surface area contributed by atoms with Crippen molar-refractivity contribution >= 4 is 73.5 Å². The lowest BCUT2D eigenvalue weighted by atomic mass is 10.2. The second-order valence-electron chi connectivity index (χ2n) is 4.73. The van der Waals surface area contributed by atoms with Crippen LogP contribution >= 0.6 is 51.2 Å². The molecule has 0 saturated carbocycles. The van der Waals surface area contributed by atoms with E-state index >= 15 is 0 Å². The maximum Gasteiger partial charge on any atom is 0.323 e. The monoisotopic (exact) mass is 440 g/mol. The third-order valence-electron chi connectivity index (χ3n) is 3.07. The van der Waals surface area contributed by atoms with E-state index in [-0.39, 0.29) is 4.32 Å². The molecule has 1 aliphatic heterocycles. The predicted molar refractivity (Wildman–Crippen MR) is 103 cm³/mol. The van der Waals surface area contributed by atoms with Crippen molar-refractivity contribution in [3.8, 4) is 10.4 Å². The molecule has 2 aromatic rings. The van der Waals surface area contributed by atoms with Gasteiger partial charge in [0.05, 0.1) is 9.78 Å². The minimum absolute atomic E-state index is 0.248. The highest BCUT2D eigenvalue weighted by atomic mass is 79.9. The number of hydrogen-bond donors (Lipinski definition) is 1. The summed E-state index contributed by atoms with van der Waals surface area (Å²) in [4.78, 5) is 29.8. The van der Waals surface area contributed by atoms with Crippen LogP contribution in [0.4, 0.5) is 0 Å². The summed E-state index contributed by atoms with van der Waals surface area (Å²) in [6, 6.07) is 7.86. The van der Waals surface area contributed by atoms with E-state index in [9.17, 15) is 9.59 Å². The molecule has 0 radical (unpaired) electrons. The van der Waals surface area contributed by atoms with Gasteiger partial charge in [-0.3, -0.25) is 14.5 Å². The van der Waals surface area contributed by atoms with Crippen molar-refractivity contribution in [2.45, 2.75) is 0 Å². The molecule has 5 nitrogen and oxygen atoms in total. The molecule has 0 aliphatic carbocycles. The molecule has 0 atom stereocenters. The van der Waals surface area contributed by atoms with Gasteiger partial charge in [-0.05, 0) is 23.8 Å². The van der Waals surface area contributed by atoms with E-state index in [0.717, 1.165) is 31.6 Å². The van der Waals surface area contributed by atoms with E-state index in [4.69, 9.17) is 17.3 Å². The number of aromatic nitrogens is 1. The van der Waals surface area contributed by atoms with Gasteiger partial charge in [-0.15, -0.1) is 11.3 Å². The van der Waals surface area contributed by atoms with Crippen molar-refractivity contribution in [1.82, 2.24) is 9.88 Å². The van der Waals surface area contributed by atoms with Crippen LogP contribution in [0.5, 0.6) is 0 Å². The molecule has 1 aromatic heterocycles. The number of thioether (sulfide) groups is 1. The fourth-order valence-electron chi connectivity index (χ4n) is 1.99. The number of aliphatic carboxylic acids is 1. The first-order valence-corrected chi connectivity index (χ1v) is 9.46. The summed E-state index contributed by atoms with van der Waals surface area (Å²) in [6.45, 7) is -0.427. The number of nitrogens with zero attached hydrogens (tertiary/aromatic N) is 2. The molecule has 1 fully saturated rings. The summed E-state index contributed by atoms with van der Waals surface area (Å²) in [5.74, 6) is -1.49. The Kier molecular flexibility index (Phi) is 5.14. The number of benzene rings is 1. The molecular weight excluding hydrogens is 432 g/mol. The van der Waals surface area contributed by atoms with E-state index in [0.29, 0.717) is 9.91 Å². The second-order valence-corrected chi connectivity index (χ2v) is 8.38. The van der Waals surface area contributed by atoms with Gasteiger partial charge in [0, 0.05) is 10.7 Å². The quantitative estimate of drug-likeness (QED) is 0.574. The number of thiocarbonyl (C=S) groups is 1. The van der Waals surface area contributed by atoms with E-state index in [1.807, 2.05) is 24.3 Å². The van der Waals surface area contributed by atoms with Gasteiger partial charge in [0.1, 0.15) is 15.9 Å². The zero-order valence-corrected chi connectivity index (χ0v) is 16.0. The Labute approximate surface area is 159 Å². The first-order chi connectivity index (χ1) is 11.4. The number of thiazole rings is 1. The molecule has 1 aliphatic rings. The van der Waals surface area contributed by atoms with Crippen LogP contribution in [-0.2, 0) is 9.59 Å². The molecule has 122 valence electrons. The average Bonchev–Trinajstić information content (AvgIpc) is 3.09. The number of carboxylic acid groups (broad SMARTS) is 1. The number of carbonyl (C=O) groups is 2. The molecule has 1 aromatic carbocycles. The van der Waals surface area contributed by atoms with Crippen LogP contribution < -0.4 is 0 Å². The molecule has 0 spiro atoms. The van der Waals surface area contributed by atoms with E-state index < -0.39 is 18.4 Å². The SMILES string of the molecule is O=C(O)CN1C(=O)/C(=C/c2ncc(-c3ccc(Br)cc3)s2)SC1=S. The van der Waals surface area contributed by atoms with Gasteiger partial charge in [-0.25, -0.2) is 4.98 Å². The van der Waals surface area contributed by atoms with Gasteiger partial charge in [0.25, 0.3) is 5.91 Å². The maximum atomic E-state index is 12.2. The third kappa shape index (κ3) is 3.75. The van der Waals surface area contributed by atoms with Crippen molar-refractivity contribution < 1.29 is 14.7 Å². The van der Waals surface area contributed by atoms with Gasteiger partial charge in [-0.1, -0.05) is 52.0 Å². The normalized spacial score (nSPS) is 16.2. The summed E-state index contributed by atoms with van der Waals surface area (Å²) < 4.78 is 1.25. The predicted octanol–water partition coefficient (Wildman–Crippen LogP) is 3.86. The van der Waals surface area contributed by atoms with E-state index in [2.05, 4.69) is 20.9 Å². The molecule has 1 saturated heterocycles. The summed E-state index contributed by atoms with van der Waals surface area (Å²) in [5.41, 5.74) is 1.04. The molecule has 1 N–H and O–H groups in total. The maximum absolute atomic E-state index is 12.2. The molecule has 2 heterocycles. The minimum atomic E-state index is -1.10. The Morgan fingerprint density at radius 1 is 1.38 bits per heavy atom. The van der Waals surface area contributed by atoms with Crippen LogP contribution in [0.3, 0.4) is 0 Å². The number of carboxylic acids is 1. The van der Waals surface area contributed by atoms with Crippen LogP contribution in [0.2, 0.25) is 0 Å². The molecule has 0 bridgehead atoms. The van der Waals surface area contributed by atoms with Crippen LogP contribution in [0.1, 0.15) is 5.01 Å². The lowest BCUT2D eigenvalue weighted by Crippen LogP contribution is -2.33. The third-order valence-corrected chi connectivity index (χ3v) is 5.97. The van der Waals surface area contributed by atoms with Crippen molar-refractivity contribution in [2.75, 3.05) is 6.54 Å². The standard InChI is InChI=1S/C15H9BrN2O3S3/c16-9-3-1-8(2-4-9)11-6-17-12(23-11)5-10-14(21)18(7-13(19)20)15(22)24-10/h1-6H,7H2,(H,19,20)/b10-5-. The van der Waals surface area contributed by atoms with Gasteiger partial charge >= 0.3 is 5.97 Å². The topological polar surface area (TPSA) is 70.5 Å². The Morgan fingerprint density at radius 3 is 2.75 bits per heavy atom. The second kappa shape index (κ2) is 7.14. The number of hydrogen-bond acceptors (Lipinski definition) is 6. The number of carbonyl (C=O) groups excluding carboxylic acids is 1. The molecule has 0 unspecified atom stereocenters. The highest BCUT2D eigenvalue weighted by Gasteiger charge is 2.33. The molecule has 9 heteroatoms. The fourth-order valence-corrected chi connectivity index (χ4v) is 4.42.